The topological polar surface area (TPSA) is 66.6 Å². The molecule has 1 saturated heterocycles. The first-order chi connectivity index (χ1) is 8.70. The molecule has 0 aromatic carbocycles. The number of carbonyl (C=O) groups is 1. The molecule has 1 atom stereocenters. The van der Waals surface area contributed by atoms with E-state index < -0.39 is 5.97 Å². The highest BCUT2D eigenvalue weighted by molar-refractivity contribution is 5.66. The smallest absolute Gasteiger partial charge is 0.303 e. The summed E-state index contributed by atoms with van der Waals surface area (Å²) in [6.45, 7) is 4.23. The largest absolute Gasteiger partial charge is 0.481 e. The van der Waals surface area contributed by atoms with Crippen LogP contribution in [0, 0.1) is 0 Å². The number of oxazole rings is 1. The Balaban J connectivity index is 2.01. The minimum Gasteiger partial charge on any atom is -0.481 e. The Morgan fingerprint density at radius 1 is 1.61 bits per heavy atom. The second-order valence-corrected chi connectivity index (χ2v) is 4.70. The molecule has 18 heavy (non-hydrogen) atoms. The lowest BCUT2D eigenvalue weighted by Crippen LogP contribution is -2.33. The van der Waals surface area contributed by atoms with Gasteiger partial charge in [0.25, 0.3) is 0 Å². The van der Waals surface area contributed by atoms with E-state index in [1.165, 1.54) is 12.8 Å². The molecule has 0 radical (unpaired) electrons. The highest BCUT2D eigenvalue weighted by Crippen LogP contribution is 2.30. The zero-order chi connectivity index (χ0) is 13.0. The Morgan fingerprint density at radius 2 is 2.44 bits per heavy atom. The van der Waals surface area contributed by atoms with Crippen LogP contribution in [0.15, 0.2) is 10.6 Å². The molecule has 1 aromatic heterocycles. The van der Waals surface area contributed by atoms with Gasteiger partial charge in [-0.2, -0.15) is 0 Å². The van der Waals surface area contributed by atoms with Gasteiger partial charge in [-0.25, -0.2) is 4.98 Å². The lowest BCUT2D eigenvalue weighted by Gasteiger charge is -2.32. The molecule has 5 nitrogen and oxygen atoms in total. The lowest BCUT2D eigenvalue weighted by atomic mass is 10.0. The van der Waals surface area contributed by atoms with E-state index in [2.05, 4.69) is 16.8 Å². The summed E-state index contributed by atoms with van der Waals surface area (Å²) in [4.78, 5) is 17.2. The van der Waals surface area contributed by atoms with Crippen molar-refractivity contribution >= 4 is 5.97 Å². The fraction of sp³-hybridized carbons (Fsp3) is 0.692. The zero-order valence-electron chi connectivity index (χ0n) is 10.8. The average Bonchev–Trinajstić information content (AvgIpc) is 2.85. The summed E-state index contributed by atoms with van der Waals surface area (Å²) in [5, 5.41) is 8.64. The Labute approximate surface area is 107 Å². The number of rotatable bonds is 5. The van der Waals surface area contributed by atoms with Gasteiger partial charge in [-0.05, 0) is 25.9 Å². The van der Waals surface area contributed by atoms with Gasteiger partial charge in [0.1, 0.15) is 5.76 Å². The molecule has 1 aromatic rings. The summed E-state index contributed by atoms with van der Waals surface area (Å²) in [6, 6.07) is 0.266. The standard InChI is InChI=1S/C13H20N2O3/c1-2-15-8-4-3-5-11(15)13-14-9-10(18-13)6-7-12(16)17/h9,11H,2-8H2,1H3,(H,16,17). The maximum atomic E-state index is 10.5. The van der Waals surface area contributed by atoms with Crippen LogP contribution in [0.2, 0.25) is 0 Å². The van der Waals surface area contributed by atoms with Crippen LogP contribution in [0.3, 0.4) is 0 Å². The van der Waals surface area contributed by atoms with Crippen LogP contribution in [-0.4, -0.2) is 34.0 Å². The minimum absolute atomic E-state index is 0.0940. The Bertz CT molecular complexity index is 403. The van der Waals surface area contributed by atoms with E-state index in [-0.39, 0.29) is 12.5 Å². The van der Waals surface area contributed by atoms with E-state index in [1.54, 1.807) is 6.20 Å². The van der Waals surface area contributed by atoms with Crippen molar-refractivity contribution in [1.82, 2.24) is 9.88 Å². The maximum Gasteiger partial charge on any atom is 0.303 e. The van der Waals surface area contributed by atoms with Crippen LogP contribution in [0.1, 0.15) is 50.3 Å². The van der Waals surface area contributed by atoms with Crippen molar-refractivity contribution in [3.63, 3.8) is 0 Å². The molecular weight excluding hydrogens is 232 g/mol. The number of aliphatic carboxylic acids is 1. The molecule has 1 aliphatic rings. The number of carboxylic acid groups (broad SMARTS) is 1. The number of hydrogen-bond donors (Lipinski definition) is 1. The summed E-state index contributed by atoms with van der Waals surface area (Å²) in [5.41, 5.74) is 0. The highest BCUT2D eigenvalue weighted by atomic mass is 16.4. The van der Waals surface area contributed by atoms with Crippen molar-refractivity contribution in [3.8, 4) is 0 Å². The average molecular weight is 252 g/mol. The second kappa shape index (κ2) is 6.00. The molecule has 1 unspecified atom stereocenters. The van der Waals surface area contributed by atoms with Crippen LogP contribution >= 0.6 is 0 Å². The van der Waals surface area contributed by atoms with Gasteiger partial charge < -0.3 is 9.52 Å². The van der Waals surface area contributed by atoms with E-state index >= 15 is 0 Å². The third-order valence-electron chi connectivity index (χ3n) is 3.46. The molecule has 0 spiro atoms. The second-order valence-electron chi connectivity index (χ2n) is 4.70. The summed E-state index contributed by atoms with van der Waals surface area (Å²) >= 11 is 0. The number of piperidine rings is 1. The molecule has 5 heteroatoms. The van der Waals surface area contributed by atoms with Crippen molar-refractivity contribution in [2.75, 3.05) is 13.1 Å². The molecule has 1 aliphatic heterocycles. The van der Waals surface area contributed by atoms with Gasteiger partial charge in [-0.1, -0.05) is 13.3 Å². The molecular formula is C13H20N2O3. The number of aryl methyl sites for hydroxylation is 1. The maximum absolute atomic E-state index is 10.5. The summed E-state index contributed by atoms with van der Waals surface area (Å²) < 4.78 is 5.69. The minimum atomic E-state index is -0.805. The van der Waals surface area contributed by atoms with E-state index in [0.29, 0.717) is 12.2 Å². The summed E-state index contributed by atoms with van der Waals surface area (Å²) in [7, 11) is 0. The molecule has 0 saturated carbocycles. The fourth-order valence-corrected chi connectivity index (χ4v) is 2.47. The van der Waals surface area contributed by atoms with E-state index in [9.17, 15) is 4.79 Å². The molecule has 1 fully saturated rings. The van der Waals surface area contributed by atoms with Crippen LogP contribution in [0.25, 0.3) is 0 Å². The Morgan fingerprint density at radius 3 is 3.17 bits per heavy atom. The van der Waals surface area contributed by atoms with Gasteiger partial charge in [0.2, 0.25) is 5.89 Å². The highest BCUT2D eigenvalue weighted by Gasteiger charge is 2.26. The van der Waals surface area contributed by atoms with Crippen LogP contribution in [0.4, 0.5) is 0 Å². The van der Waals surface area contributed by atoms with Crippen molar-refractivity contribution in [2.45, 2.75) is 45.1 Å². The van der Waals surface area contributed by atoms with Gasteiger partial charge in [-0.3, -0.25) is 9.69 Å². The zero-order valence-corrected chi connectivity index (χ0v) is 10.8. The first-order valence-corrected chi connectivity index (χ1v) is 6.61. The first kappa shape index (κ1) is 13.1. The normalized spacial score (nSPS) is 21.1. The Kier molecular flexibility index (Phi) is 4.36. The SMILES string of the molecule is CCN1CCCCC1c1ncc(CCC(=O)O)o1. The predicted molar refractivity (Wildman–Crippen MR) is 66.3 cm³/mol. The fourth-order valence-electron chi connectivity index (χ4n) is 2.47. The van der Waals surface area contributed by atoms with E-state index in [1.807, 2.05) is 0 Å². The lowest BCUT2D eigenvalue weighted by molar-refractivity contribution is -0.137. The number of nitrogens with zero attached hydrogens (tertiary/aromatic N) is 2. The van der Waals surface area contributed by atoms with Gasteiger partial charge >= 0.3 is 5.97 Å². The first-order valence-electron chi connectivity index (χ1n) is 6.61. The number of hydrogen-bond acceptors (Lipinski definition) is 4. The number of aromatic nitrogens is 1. The molecule has 0 aliphatic carbocycles. The number of carboxylic acids is 1. The summed E-state index contributed by atoms with van der Waals surface area (Å²) in [5.74, 6) is 0.617. The van der Waals surface area contributed by atoms with Gasteiger partial charge in [0.05, 0.1) is 18.7 Å². The molecule has 0 amide bonds. The van der Waals surface area contributed by atoms with Crippen molar-refractivity contribution in [3.05, 3.63) is 17.8 Å². The molecule has 2 rings (SSSR count). The molecule has 1 N–H and O–H groups in total. The van der Waals surface area contributed by atoms with Crippen molar-refractivity contribution in [2.24, 2.45) is 0 Å². The molecule has 2 heterocycles. The van der Waals surface area contributed by atoms with Gasteiger partial charge in [0, 0.05) is 6.42 Å². The Hall–Kier alpha value is -1.36. The van der Waals surface area contributed by atoms with Gasteiger partial charge in [0.15, 0.2) is 0 Å². The van der Waals surface area contributed by atoms with Crippen LogP contribution in [0.5, 0.6) is 0 Å². The third-order valence-corrected chi connectivity index (χ3v) is 3.46. The molecule has 0 bridgehead atoms. The third kappa shape index (κ3) is 3.10. The quantitative estimate of drug-likeness (QED) is 0.870. The van der Waals surface area contributed by atoms with Crippen molar-refractivity contribution in [1.29, 1.82) is 0 Å². The van der Waals surface area contributed by atoms with E-state index in [0.717, 1.165) is 25.4 Å². The van der Waals surface area contributed by atoms with E-state index in [4.69, 9.17) is 9.52 Å². The van der Waals surface area contributed by atoms with Gasteiger partial charge in [-0.15, -0.1) is 0 Å². The monoisotopic (exact) mass is 252 g/mol. The van der Waals surface area contributed by atoms with Crippen LogP contribution in [-0.2, 0) is 11.2 Å². The predicted octanol–water partition coefficient (Wildman–Crippen LogP) is 2.24. The van der Waals surface area contributed by atoms with Crippen molar-refractivity contribution < 1.29 is 14.3 Å². The van der Waals surface area contributed by atoms with Crippen LogP contribution < -0.4 is 0 Å². The summed E-state index contributed by atoms with van der Waals surface area (Å²) in [6.07, 6.45) is 5.69. The number of likely N-dealkylation sites (tertiary alicyclic amines) is 1. The molecule has 100 valence electrons.